The molecule has 0 bridgehead atoms. The summed E-state index contributed by atoms with van der Waals surface area (Å²) < 4.78 is 0. The van der Waals surface area contributed by atoms with Crippen molar-refractivity contribution in [1.82, 2.24) is 19.7 Å². The lowest BCUT2D eigenvalue weighted by Gasteiger charge is -2.35. The number of carbonyl (C=O) groups excluding carboxylic acids is 2. The van der Waals surface area contributed by atoms with Gasteiger partial charge in [0.05, 0.1) is 0 Å². The molecule has 1 N–H and O–H groups in total. The molecule has 2 aromatic rings. The van der Waals surface area contributed by atoms with Crippen LogP contribution >= 0.6 is 0 Å². The van der Waals surface area contributed by atoms with E-state index in [0.29, 0.717) is 19.4 Å². The van der Waals surface area contributed by atoms with E-state index >= 15 is 0 Å². The van der Waals surface area contributed by atoms with Crippen molar-refractivity contribution in [1.29, 1.82) is 0 Å². The number of fused-ring (bicyclic) bond motifs is 1. The van der Waals surface area contributed by atoms with E-state index in [1.165, 1.54) is 0 Å². The van der Waals surface area contributed by atoms with E-state index in [4.69, 9.17) is 0 Å². The van der Waals surface area contributed by atoms with Crippen molar-refractivity contribution in [2.45, 2.75) is 25.4 Å². The molecule has 2 saturated heterocycles. The monoisotopic (exact) mass is 340 g/mol. The molecule has 1 atom stereocenters. The van der Waals surface area contributed by atoms with Crippen molar-refractivity contribution in [2.24, 2.45) is 0 Å². The molecule has 0 saturated carbocycles. The summed E-state index contributed by atoms with van der Waals surface area (Å²) in [6.45, 7) is 3.79. The summed E-state index contributed by atoms with van der Waals surface area (Å²) in [5.41, 5.74) is 2.13. The predicted octanol–water partition coefficient (Wildman–Crippen LogP) is 1.43. The molecule has 0 aliphatic carbocycles. The zero-order valence-electron chi connectivity index (χ0n) is 14.6. The smallest absolute Gasteiger partial charge is 0.245 e. The molecule has 6 heteroatoms. The van der Waals surface area contributed by atoms with Crippen LogP contribution < -0.4 is 0 Å². The third-order valence-electron chi connectivity index (χ3n) is 5.44. The lowest BCUT2D eigenvalue weighted by Crippen LogP contribution is -2.53. The fourth-order valence-corrected chi connectivity index (χ4v) is 3.87. The Morgan fingerprint density at radius 1 is 1.20 bits per heavy atom. The number of hydrogen-bond acceptors (Lipinski definition) is 3. The number of likely N-dealkylation sites (tertiary alicyclic amines) is 1. The fraction of sp³-hybridized carbons (Fsp3) is 0.474. The van der Waals surface area contributed by atoms with E-state index in [1.807, 2.05) is 29.3 Å². The van der Waals surface area contributed by atoms with Gasteiger partial charge >= 0.3 is 0 Å². The number of piperazine rings is 1. The van der Waals surface area contributed by atoms with Gasteiger partial charge in [0.2, 0.25) is 11.8 Å². The van der Waals surface area contributed by atoms with E-state index in [2.05, 4.69) is 23.0 Å². The minimum atomic E-state index is -0.315. The van der Waals surface area contributed by atoms with Crippen LogP contribution in [0.2, 0.25) is 0 Å². The Labute approximate surface area is 147 Å². The SMILES string of the molecule is CN1CCN(C(=O)C2CCC(=O)N2Cc2c[nH]c3ccccc23)CC1. The Balaban J connectivity index is 1.53. The number of aromatic nitrogens is 1. The first-order chi connectivity index (χ1) is 12.1. The maximum atomic E-state index is 13.0. The average Bonchev–Trinajstić information content (AvgIpc) is 3.20. The molecule has 2 amide bonds. The summed E-state index contributed by atoms with van der Waals surface area (Å²) >= 11 is 0. The number of carbonyl (C=O) groups is 2. The first kappa shape index (κ1) is 16.1. The maximum absolute atomic E-state index is 13.0. The van der Waals surface area contributed by atoms with Crippen molar-refractivity contribution < 1.29 is 9.59 Å². The minimum absolute atomic E-state index is 0.0813. The van der Waals surface area contributed by atoms with Gasteiger partial charge in [0.1, 0.15) is 6.04 Å². The van der Waals surface area contributed by atoms with E-state index in [-0.39, 0.29) is 17.9 Å². The number of nitrogens with zero attached hydrogens (tertiary/aromatic N) is 3. The first-order valence-corrected chi connectivity index (χ1v) is 8.95. The molecule has 1 aromatic heterocycles. The van der Waals surface area contributed by atoms with Gasteiger partial charge < -0.3 is 19.7 Å². The zero-order chi connectivity index (χ0) is 17.4. The maximum Gasteiger partial charge on any atom is 0.245 e. The highest BCUT2D eigenvalue weighted by Gasteiger charge is 2.38. The summed E-state index contributed by atoms with van der Waals surface area (Å²) in [5, 5.41) is 1.12. The van der Waals surface area contributed by atoms with Crippen molar-refractivity contribution in [2.75, 3.05) is 33.2 Å². The molecule has 2 fully saturated rings. The molecule has 4 rings (SSSR count). The summed E-state index contributed by atoms with van der Waals surface area (Å²) in [6, 6.07) is 7.75. The van der Waals surface area contributed by atoms with Gasteiger partial charge in [-0.25, -0.2) is 0 Å². The second kappa shape index (κ2) is 6.52. The zero-order valence-corrected chi connectivity index (χ0v) is 14.6. The number of hydrogen-bond donors (Lipinski definition) is 1. The normalized spacial score (nSPS) is 22.1. The molecule has 132 valence electrons. The molecular formula is C19H24N4O2. The molecule has 0 radical (unpaired) electrons. The summed E-state index contributed by atoms with van der Waals surface area (Å²) in [4.78, 5) is 34.6. The first-order valence-electron chi connectivity index (χ1n) is 8.95. The lowest BCUT2D eigenvalue weighted by atomic mass is 10.1. The van der Waals surface area contributed by atoms with Crippen molar-refractivity contribution in [3.05, 3.63) is 36.0 Å². The van der Waals surface area contributed by atoms with Crippen LogP contribution in [0, 0.1) is 0 Å². The van der Waals surface area contributed by atoms with Crippen LogP contribution in [-0.2, 0) is 16.1 Å². The van der Waals surface area contributed by atoms with E-state index < -0.39 is 0 Å². The topological polar surface area (TPSA) is 59.7 Å². The molecule has 2 aliphatic heterocycles. The highest BCUT2D eigenvalue weighted by molar-refractivity contribution is 5.91. The van der Waals surface area contributed by atoms with Gasteiger partial charge in [-0.3, -0.25) is 9.59 Å². The lowest BCUT2D eigenvalue weighted by molar-refractivity contribution is -0.142. The number of likely N-dealkylation sites (N-methyl/N-ethyl adjacent to an activating group) is 1. The molecular weight excluding hydrogens is 316 g/mol. The second-order valence-electron chi connectivity index (χ2n) is 7.06. The van der Waals surface area contributed by atoms with Gasteiger partial charge in [-0.05, 0) is 25.1 Å². The number of rotatable bonds is 3. The highest BCUT2D eigenvalue weighted by atomic mass is 16.2. The Kier molecular flexibility index (Phi) is 4.21. The van der Waals surface area contributed by atoms with E-state index in [9.17, 15) is 9.59 Å². The van der Waals surface area contributed by atoms with Crippen molar-refractivity contribution in [3.8, 4) is 0 Å². The Morgan fingerprint density at radius 3 is 2.76 bits per heavy atom. The van der Waals surface area contributed by atoms with Crippen LogP contribution in [0.15, 0.2) is 30.5 Å². The third kappa shape index (κ3) is 3.02. The van der Waals surface area contributed by atoms with E-state index in [0.717, 1.165) is 42.6 Å². The number of aromatic amines is 1. The van der Waals surface area contributed by atoms with Crippen molar-refractivity contribution >= 4 is 22.7 Å². The van der Waals surface area contributed by atoms with Gasteiger partial charge in [0, 0.05) is 56.2 Å². The molecule has 25 heavy (non-hydrogen) atoms. The molecule has 3 heterocycles. The van der Waals surface area contributed by atoms with Gasteiger partial charge in [0.15, 0.2) is 0 Å². The van der Waals surface area contributed by atoms with Gasteiger partial charge in [0.25, 0.3) is 0 Å². The van der Waals surface area contributed by atoms with Crippen LogP contribution in [0.5, 0.6) is 0 Å². The Morgan fingerprint density at radius 2 is 1.96 bits per heavy atom. The molecule has 1 unspecified atom stereocenters. The minimum Gasteiger partial charge on any atom is -0.361 e. The van der Waals surface area contributed by atoms with Crippen LogP contribution in [0.1, 0.15) is 18.4 Å². The number of amides is 2. The molecule has 6 nitrogen and oxygen atoms in total. The molecule has 2 aliphatic rings. The summed E-state index contributed by atoms with van der Waals surface area (Å²) in [7, 11) is 2.07. The largest absolute Gasteiger partial charge is 0.361 e. The highest BCUT2D eigenvalue weighted by Crippen LogP contribution is 2.26. The third-order valence-corrected chi connectivity index (χ3v) is 5.44. The predicted molar refractivity (Wildman–Crippen MR) is 95.9 cm³/mol. The van der Waals surface area contributed by atoms with Crippen LogP contribution in [0.3, 0.4) is 0 Å². The van der Waals surface area contributed by atoms with Crippen LogP contribution in [0.25, 0.3) is 10.9 Å². The van der Waals surface area contributed by atoms with Gasteiger partial charge in [-0.2, -0.15) is 0 Å². The number of nitrogens with one attached hydrogen (secondary N) is 1. The van der Waals surface area contributed by atoms with Crippen molar-refractivity contribution in [3.63, 3.8) is 0 Å². The molecule has 1 aromatic carbocycles. The summed E-state index contributed by atoms with van der Waals surface area (Å²) in [6.07, 6.45) is 3.05. The van der Waals surface area contributed by atoms with E-state index in [1.54, 1.807) is 4.90 Å². The van der Waals surface area contributed by atoms with Gasteiger partial charge in [-0.1, -0.05) is 18.2 Å². The fourth-order valence-electron chi connectivity index (χ4n) is 3.87. The Bertz CT molecular complexity index is 792. The number of para-hydroxylation sites is 1. The molecule has 0 spiro atoms. The summed E-state index contributed by atoms with van der Waals surface area (Å²) in [5.74, 6) is 0.191. The average molecular weight is 340 g/mol. The number of H-pyrrole nitrogens is 1. The second-order valence-corrected chi connectivity index (χ2v) is 7.06. The number of benzene rings is 1. The standard InChI is InChI=1S/C19H24N4O2/c1-21-8-10-22(11-9-21)19(25)17-6-7-18(24)23(17)13-14-12-20-16-5-3-2-4-15(14)16/h2-5,12,17,20H,6-11,13H2,1H3. The van der Waals surface area contributed by atoms with Gasteiger partial charge in [-0.15, -0.1) is 0 Å². The van der Waals surface area contributed by atoms with Crippen LogP contribution in [0.4, 0.5) is 0 Å². The van der Waals surface area contributed by atoms with Crippen LogP contribution in [-0.4, -0.2) is 70.8 Å². The quantitative estimate of drug-likeness (QED) is 0.920. The Hall–Kier alpha value is -2.34.